The largest absolute Gasteiger partial charge is 0.349 e. The van der Waals surface area contributed by atoms with Gasteiger partial charge in [0.05, 0.1) is 22.7 Å². The predicted octanol–water partition coefficient (Wildman–Crippen LogP) is 5.14. The smallest absolute Gasteiger partial charge is 0.264 e. The van der Waals surface area contributed by atoms with Crippen LogP contribution >= 0.6 is 0 Å². The molecule has 1 aliphatic carbocycles. The van der Waals surface area contributed by atoms with Gasteiger partial charge in [0, 0.05) is 6.04 Å². The molecule has 0 saturated heterocycles. The molecular formula is C26H28N2O3S. The lowest BCUT2D eigenvalue weighted by Crippen LogP contribution is -2.38. The van der Waals surface area contributed by atoms with Crippen LogP contribution in [0.1, 0.15) is 48.0 Å². The van der Waals surface area contributed by atoms with Gasteiger partial charge in [-0.3, -0.25) is 9.10 Å². The van der Waals surface area contributed by atoms with Crippen molar-refractivity contribution < 1.29 is 13.2 Å². The van der Waals surface area contributed by atoms with Gasteiger partial charge in [0.15, 0.2) is 0 Å². The van der Waals surface area contributed by atoms with E-state index in [0.29, 0.717) is 11.3 Å². The van der Waals surface area contributed by atoms with Crippen LogP contribution in [-0.2, 0) is 16.6 Å². The molecule has 1 amide bonds. The molecule has 166 valence electrons. The van der Waals surface area contributed by atoms with E-state index in [0.717, 1.165) is 31.2 Å². The summed E-state index contributed by atoms with van der Waals surface area (Å²) in [7, 11) is -3.89. The van der Waals surface area contributed by atoms with E-state index in [1.165, 1.54) is 10.7 Å². The first-order valence-corrected chi connectivity index (χ1v) is 12.5. The zero-order chi connectivity index (χ0) is 22.4. The van der Waals surface area contributed by atoms with Crippen LogP contribution in [0.15, 0.2) is 89.8 Å². The Morgan fingerprint density at radius 1 is 0.812 bits per heavy atom. The van der Waals surface area contributed by atoms with Crippen LogP contribution in [0.3, 0.4) is 0 Å². The maximum Gasteiger partial charge on any atom is 0.264 e. The zero-order valence-electron chi connectivity index (χ0n) is 18.0. The van der Waals surface area contributed by atoms with Gasteiger partial charge in [-0.25, -0.2) is 8.42 Å². The van der Waals surface area contributed by atoms with Crippen molar-refractivity contribution in [2.75, 3.05) is 4.31 Å². The number of carbonyl (C=O) groups is 1. The van der Waals surface area contributed by atoms with Crippen molar-refractivity contribution in [3.63, 3.8) is 0 Å². The highest BCUT2D eigenvalue weighted by molar-refractivity contribution is 7.92. The predicted molar refractivity (Wildman–Crippen MR) is 127 cm³/mol. The topological polar surface area (TPSA) is 66.5 Å². The number of para-hydroxylation sites is 1. The number of nitrogens with zero attached hydrogens (tertiary/aromatic N) is 1. The highest BCUT2D eigenvalue weighted by atomic mass is 32.2. The molecule has 0 heterocycles. The van der Waals surface area contributed by atoms with Crippen molar-refractivity contribution in [2.45, 2.75) is 49.6 Å². The standard InChI is InChI=1S/C26H28N2O3S/c29-26(27-22-14-6-2-7-15-22)24-18-10-11-19-25(24)28(20-21-12-4-1-5-13-21)32(30,31)23-16-8-3-9-17-23/h1,3-5,8-13,16-19,22H,2,6-7,14-15,20H2,(H,27,29). The summed E-state index contributed by atoms with van der Waals surface area (Å²) in [5.74, 6) is -0.228. The average Bonchev–Trinajstić information content (AvgIpc) is 2.84. The average molecular weight is 449 g/mol. The monoisotopic (exact) mass is 448 g/mol. The van der Waals surface area contributed by atoms with Crippen LogP contribution in [0.5, 0.6) is 0 Å². The van der Waals surface area contributed by atoms with Crippen molar-refractivity contribution in [1.29, 1.82) is 0 Å². The van der Waals surface area contributed by atoms with Crippen molar-refractivity contribution >= 4 is 21.6 Å². The van der Waals surface area contributed by atoms with Crippen LogP contribution in [0.25, 0.3) is 0 Å². The summed E-state index contributed by atoms with van der Waals surface area (Å²) in [6.45, 7) is 0.131. The van der Waals surface area contributed by atoms with Crippen molar-refractivity contribution in [2.24, 2.45) is 0 Å². The van der Waals surface area contributed by atoms with E-state index in [-0.39, 0.29) is 23.4 Å². The molecule has 0 radical (unpaired) electrons. The molecule has 0 aliphatic heterocycles. The Kier molecular flexibility index (Phi) is 6.90. The number of hydrogen-bond acceptors (Lipinski definition) is 3. The van der Waals surface area contributed by atoms with E-state index in [2.05, 4.69) is 5.32 Å². The second-order valence-corrected chi connectivity index (χ2v) is 10.00. The summed E-state index contributed by atoms with van der Waals surface area (Å²) in [6, 6.07) is 24.9. The van der Waals surface area contributed by atoms with E-state index in [4.69, 9.17) is 0 Å². The highest BCUT2D eigenvalue weighted by Crippen LogP contribution is 2.29. The SMILES string of the molecule is O=C(NC1CCCCC1)c1ccccc1N(Cc1ccccc1)S(=O)(=O)c1ccccc1. The number of anilines is 1. The molecule has 4 rings (SSSR count). The number of carbonyl (C=O) groups excluding carboxylic acids is 1. The van der Waals surface area contributed by atoms with Crippen LogP contribution in [0.4, 0.5) is 5.69 Å². The molecule has 1 aliphatic rings. The lowest BCUT2D eigenvalue weighted by Gasteiger charge is -2.28. The van der Waals surface area contributed by atoms with E-state index < -0.39 is 10.0 Å². The van der Waals surface area contributed by atoms with E-state index in [9.17, 15) is 13.2 Å². The Bertz CT molecular complexity index is 1140. The number of sulfonamides is 1. The molecule has 0 atom stereocenters. The first-order valence-electron chi connectivity index (χ1n) is 11.1. The molecule has 1 saturated carbocycles. The van der Waals surface area contributed by atoms with Crippen LogP contribution < -0.4 is 9.62 Å². The van der Waals surface area contributed by atoms with Gasteiger partial charge in [0.2, 0.25) is 0 Å². The molecular weight excluding hydrogens is 420 g/mol. The van der Waals surface area contributed by atoms with Crippen LogP contribution in [0.2, 0.25) is 0 Å². The van der Waals surface area contributed by atoms with Gasteiger partial charge in [-0.15, -0.1) is 0 Å². The molecule has 0 bridgehead atoms. The van der Waals surface area contributed by atoms with E-state index in [1.54, 1.807) is 54.6 Å². The number of nitrogens with one attached hydrogen (secondary N) is 1. The summed E-state index contributed by atoms with van der Waals surface area (Å²) in [4.78, 5) is 13.4. The molecule has 0 unspecified atom stereocenters. The summed E-state index contributed by atoms with van der Waals surface area (Å²) >= 11 is 0. The van der Waals surface area contributed by atoms with Gasteiger partial charge in [-0.1, -0.05) is 79.9 Å². The lowest BCUT2D eigenvalue weighted by atomic mass is 9.95. The number of rotatable bonds is 7. The van der Waals surface area contributed by atoms with E-state index in [1.807, 2.05) is 30.3 Å². The Morgan fingerprint density at radius 3 is 2.09 bits per heavy atom. The maximum absolute atomic E-state index is 13.7. The Balaban J connectivity index is 1.74. The first kappa shape index (κ1) is 22.1. The van der Waals surface area contributed by atoms with Gasteiger partial charge in [0.1, 0.15) is 0 Å². The summed E-state index contributed by atoms with van der Waals surface area (Å²) in [6.07, 6.45) is 5.33. The van der Waals surface area contributed by atoms with Crippen molar-refractivity contribution in [1.82, 2.24) is 5.32 Å². The van der Waals surface area contributed by atoms with Gasteiger partial charge < -0.3 is 5.32 Å². The van der Waals surface area contributed by atoms with Crippen molar-refractivity contribution in [3.8, 4) is 0 Å². The molecule has 3 aromatic carbocycles. The Morgan fingerprint density at radius 2 is 1.41 bits per heavy atom. The first-order chi connectivity index (χ1) is 15.6. The third-order valence-electron chi connectivity index (χ3n) is 5.86. The minimum Gasteiger partial charge on any atom is -0.349 e. The second kappa shape index (κ2) is 10.0. The third kappa shape index (κ3) is 5.02. The van der Waals surface area contributed by atoms with Gasteiger partial charge >= 0.3 is 0 Å². The Labute approximate surface area is 190 Å². The fourth-order valence-electron chi connectivity index (χ4n) is 4.16. The fourth-order valence-corrected chi connectivity index (χ4v) is 5.65. The molecule has 32 heavy (non-hydrogen) atoms. The summed E-state index contributed by atoms with van der Waals surface area (Å²) in [5, 5.41) is 3.13. The highest BCUT2D eigenvalue weighted by Gasteiger charge is 2.29. The third-order valence-corrected chi connectivity index (χ3v) is 7.63. The van der Waals surface area contributed by atoms with Crippen LogP contribution in [-0.4, -0.2) is 20.4 Å². The van der Waals surface area contributed by atoms with Crippen LogP contribution in [0, 0.1) is 0 Å². The molecule has 5 nitrogen and oxygen atoms in total. The second-order valence-electron chi connectivity index (χ2n) is 8.14. The molecule has 0 aromatic heterocycles. The summed E-state index contributed by atoms with van der Waals surface area (Å²) < 4.78 is 28.7. The van der Waals surface area contributed by atoms with Gasteiger partial charge in [0.25, 0.3) is 15.9 Å². The molecule has 0 spiro atoms. The van der Waals surface area contributed by atoms with Crippen molar-refractivity contribution in [3.05, 3.63) is 96.1 Å². The summed E-state index contributed by atoms with van der Waals surface area (Å²) in [5.41, 5.74) is 1.59. The molecule has 1 fully saturated rings. The minimum absolute atomic E-state index is 0.131. The molecule has 6 heteroatoms. The normalized spacial score (nSPS) is 14.6. The van der Waals surface area contributed by atoms with Gasteiger partial charge in [-0.2, -0.15) is 0 Å². The number of benzene rings is 3. The Hall–Kier alpha value is -3.12. The van der Waals surface area contributed by atoms with Gasteiger partial charge in [-0.05, 0) is 42.7 Å². The number of amides is 1. The van der Waals surface area contributed by atoms with E-state index >= 15 is 0 Å². The lowest BCUT2D eigenvalue weighted by molar-refractivity contribution is 0.0928. The zero-order valence-corrected chi connectivity index (χ0v) is 18.8. The fraction of sp³-hybridized carbons (Fsp3) is 0.269. The minimum atomic E-state index is -3.89. The molecule has 1 N–H and O–H groups in total. The molecule has 3 aromatic rings. The quantitative estimate of drug-likeness (QED) is 0.544. The number of hydrogen-bond donors (Lipinski definition) is 1. The maximum atomic E-state index is 13.7.